The summed E-state index contributed by atoms with van der Waals surface area (Å²) in [5, 5.41) is 24.2. The summed E-state index contributed by atoms with van der Waals surface area (Å²) in [6, 6.07) is 5.70. The number of tetrazole rings is 1. The molecule has 0 spiro atoms. The van der Waals surface area contributed by atoms with Crippen LogP contribution in [-0.4, -0.2) is 55.3 Å². The van der Waals surface area contributed by atoms with Gasteiger partial charge in [0.25, 0.3) is 0 Å². The minimum absolute atomic E-state index is 0.222. The lowest BCUT2D eigenvalue weighted by atomic mass is 10.1. The monoisotopic (exact) mass is 370 g/mol. The first-order valence-electron chi connectivity index (χ1n) is 9.12. The number of benzene rings is 1. The standard InChI is InChI=1S/C18H22N6O3/c1-10-4-3-5-13(16-20-21-22-24(16)14-8-11(14)2)15(10)19-18(27)23-7-6-12(9-23)17(25)26/h3-5,11-12,14H,6-9H2,1-2H3,(H,19,27)(H,25,26)/t11-,12?,14-/m1/s1. The molecule has 9 nitrogen and oxygen atoms in total. The van der Waals surface area contributed by atoms with E-state index in [0.717, 1.165) is 17.5 Å². The Labute approximate surface area is 156 Å². The molecule has 2 aromatic rings. The van der Waals surface area contributed by atoms with Crippen LogP contribution in [0.2, 0.25) is 0 Å². The number of carbonyl (C=O) groups excluding carboxylic acids is 1. The largest absolute Gasteiger partial charge is 0.481 e. The van der Waals surface area contributed by atoms with Gasteiger partial charge in [-0.15, -0.1) is 5.10 Å². The average molecular weight is 370 g/mol. The van der Waals surface area contributed by atoms with Crippen LogP contribution in [0.3, 0.4) is 0 Å². The average Bonchev–Trinajstić information content (AvgIpc) is 3.08. The summed E-state index contributed by atoms with van der Waals surface area (Å²) in [6.45, 7) is 4.72. The van der Waals surface area contributed by atoms with E-state index in [1.54, 1.807) is 4.90 Å². The van der Waals surface area contributed by atoms with Crippen molar-refractivity contribution in [1.82, 2.24) is 25.1 Å². The predicted octanol–water partition coefficient (Wildman–Crippen LogP) is 2.17. The molecule has 9 heteroatoms. The molecule has 1 aromatic carbocycles. The second-order valence-corrected chi connectivity index (χ2v) is 7.42. The van der Waals surface area contributed by atoms with Crippen LogP contribution in [0, 0.1) is 18.8 Å². The number of nitrogens with zero attached hydrogens (tertiary/aromatic N) is 5. The van der Waals surface area contributed by atoms with Gasteiger partial charge < -0.3 is 15.3 Å². The topological polar surface area (TPSA) is 113 Å². The maximum Gasteiger partial charge on any atom is 0.321 e. The van der Waals surface area contributed by atoms with Crippen molar-refractivity contribution in [2.24, 2.45) is 11.8 Å². The van der Waals surface area contributed by atoms with Crippen LogP contribution in [0.5, 0.6) is 0 Å². The van der Waals surface area contributed by atoms with E-state index in [-0.39, 0.29) is 18.6 Å². The van der Waals surface area contributed by atoms with E-state index in [0.29, 0.717) is 30.4 Å². The van der Waals surface area contributed by atoms with Gasteiger partial charge in [-0.2, -0.15) is 0 Å². The Morgan fingerprint density at radius 2 is 2.11 bits per heavy atom. The first kappa shape index (κ1) is 17.4. The number of rotatable bonds is 4. The second-order valence-electron chi connectivity index (χ2n) is 7.42. The number of carbonyl (C=O) groups is 2. The first-order chi connectivity index (χ1) is 13.0. The molecule has 1 aromatic heterocycles. The molecule has 1 aliphatic carbocycles. The summed E-state index contributed by atoms with van der Waals surface area (Å²) in [5.74, 6) is -0.198. The lowest BCUT2D eigenvalue weighted by Gasteiger charge is -2.19. The highest BCUT2D eigenvalue weighted by molar-refractivity contribution is 5.95. The van der Waals surface area contributed by atoms with E-state index in [4.69, 9.17) is 5.11 Å². The smallest absolute Gasteiger partial charge is 0.321 e. The molecule has 1 saturated heterocycles. The zero-order chi connectivity index (χ0) is 19.1. The van der Waals surface area contributed by atoms with Crippen LogP contribution in [0.15, 0.2) is 18.2 Å². The van der Waals surface area contributed by atoms with Crippen LogP contribution in [0.4, 0.5) is 10.5 Å². The molecule has 142 valence electrons. The maximum atomic E-state index is 12.7. The van der Waals surface area contributed by atoms with Crippen molar-refractivity contribution in [2.75, 3.05) is 18.4 Å². The zero-order valence-electron chi connectivity index (χ0n) is 15.3. The summed E-state index contributed by atoms with van der Waals surface area (Å²) in [7, 11) is 0. The van der Waals surface area contributed by atoms with Crippen LogP contribution in [-0.2, 0) is 4.79 Å². The van der Waals surface area contributed by atoms with E-state index in [1.807, 2.05) is 29.8 Å². The highest BCUT2D eigenvalue weighted by Crippen LogP contribution is 2.44. The molecule has 4 rings (SSSR count). The molecule has 2 heterocycles. The van der Waals surface area contributed by atoms with Crippen molar-refractivity contribution in [3.63, 3.8) is 0 Å². The number of aliphatic carboxylic acids is 1. The normalized spacial score (nSPS) is 24.1. The number of urea groups is 1. The fraction of sp³-hybridized carbons (Fsp3) is 0.500. The SMILES string of the molecule is Cc1cccc(-c2nnnn2[C@@H]2C[C@H]2C)c1NC(=O)N1CCC(C(=O)O)C1. The Kier molecular flexibility index (Phi) is 4.29. The highest BCUT2D eigenvalue weighted by Gasteiger charge is 2.38. The molecular formula is C18H22N6O3. The maximum absolute atomic E-state index is 12.7. The third-order valence-corrected chi connectivity index (χ3v) is 5.44. The molecule has 1 unspecified atom stereocenters. The van der Waals surface area contributed by atoms with E-state index in [2.05, 4.69) is 27.8 Å². The van der Waals surface area contributed by atoms with Crippen LogP contribution in [0.25, 0.3) is 11.4 Å². The number of hydrogen-bond donors (Lipinski definition) is 2. The van der Waals surface area contributed by atoms with Gasteiger partial charge in [-0.25, -0.2) is 9.48 Å². The van der Waals surface area contributed by atoms with Crippen molar-refractivity contribution in [2.45, 2.75) is 32.7 Å². The van der Waals surface area contributed by atoms with Gasteiger partial charge in [-0.1, -0.05) is 19.1 Å². The molecule has 0 bridgehead atoms. The number of aryl methyl sites for hydroxylation is 1. The summed E-state index contributed by atoms with van der Waals surface area (Å²) in [5.41, 5.74) is 2.32. The van der Waals surface area contributed by atoms with Crippen molar-refractivity contribution < 1.29 is 14.7 Å². The lowest BCUT2D eigenvalue weighted by molar-refractivity contribution is -0.141. The number of para-hydroxylation sites is 1. The fourth-order valence-corrected chi connectivity index (χ4v) is 3.59. The van der Waals surface area contributed by atoms with Crippen LogP contribution in [0.1, 0.15) is 31.4 Å². The first-order valence-corrected chi connectivity index (χ1v) is 9.12. The van der Waals surface area contributed by atoms with E-state index < -0.39 is 11.9 Å². The van der Waals surface area contributed by atoms with Crippen LogP contribution < -0.4 is 5.32 Å². The minimum atomic E-state index is -0.861. The second kappa shape index (κ2) is 6.64. The van der Waals surface area contributed by atoms with E-state index >= 15 is 0 Å². The molecule has 3 atom stereocenters. The minimum Gasteiger partial charge on any atom is -0.481 e. The molecule has 27 heavy (non-hydrogen) atoms. The van der Waals surface area contributed by atoms with Gasteiger partial charge >= 0.3 is 12.0 Å². The van der Waals surface area contributed by atoms with Gasteiger partial charge in [0, 0.05) is 18.7 Å². The van der Waals surface area contributed by atoms with Gasteiger partial charge in [0.2, 0.25) is 0 Å². The summed E-state index contributed by atoms with van der Waals surface area (Å²) >= 11 is 0. The number of amides is 2. The van der Waals surface area contributed by atoms with Crippen molar-refractivity contribution >= 4 is 17.7 Å². The van der Waals surface area contributed by atoms with Crippen molar-refractivity contribution in [3.8, 4) is 11.4 Å². The molecule has 1 aliphatic heterocycles. The number of hydrogen-bond acceptors (Lipinski definition) is 5. The fourth-order valence-electron chi connectivity index (χ4n) is 3.59. The summed E-state index contributed by atoms with van der Waals surface area (Å²) in [4.78, 5) is 25.4. The summed E-state index contributed by atoms with van der Waals surface area (Å²) in [6.07, 6.45) is 1.51. The van der Waals surface area contributed by atoms with E-state index in [1.165, 1.54) is 0 Å². The molecule has 1 saturated carbocycles. The summed E-state index contributed by atoms with van der Waals surface area (Å²) < 4.78 is 1.82. The quantitative estimate of drug-likeness (QED) is 0.853. The molecule has 2 N–H and O–H groups in total. The number of carboxylic acid groups (broad SMARTS) is 1. The lowest BCUT2D eigenvalue weighted by Crippen LogP contribution is -2.34. The molecule has 2 aliphatic rings. The van der Waals surface area contributed by atoms with Gasteiger partial charge in [0.1, 0.15) is 0 Å². The zero-order valence-corrected chi connectivity index (χ0v) is 15.3. The molecule has 2 amide bonds. The Morgan fingerprint density at radius 3 is 2.78 bits per heavy atom. The Morgan fingerprint density at radius 1 is 1.33 bits per heavy atom. The van der Waals surface area contributed by atoms with E-state index in [9.17, 15) is 9.59 Å². The third-order valence-electron chi connectivity index (χ3n) is 5.44. The number of aromatic nitrogens is 4. The van der Waals surface area contributed by atoms with Crippen molar-refractivity contribution in [1.29, 1.82) is 0 Å². The highest BCUT2D eigenvalue weighted by atomic mass is 16.4. The third kappa shape index (κ3) is 3.24. The van der Waals surface area contributed by atoms with Gasteiger partial charge in [-0.3, -0.25) is 4.79 Å². The van der Waals surface area contributed by atoms with Crippen molar-refractivity contribution in [3.05, 3.63) is 23.8 Å². The molecule has 2 fully saturated rings. The Hall–Kier alpha value is -2.97. The molecule has 0 radical (unpaired) electrons. The predicted molar refractivity (Wildman–Crippen MR) is 97.1 cm³/mol. The van der Waals surface area contributed by atoms with Gasteiger partial charge in [-0.05, 0) is 47.7 Å². The number of carboxylic acids is 1. The number of likely N-dealkylation sites (tertiary alicyclic amines) is 1. The number of nitrogens with one attached hydrogen (secondary N) is 1. The van der Waals surface area contributed by atoms with Crippen LogP contribution >= 0.6 is 0 Å². The molecular weight excluding hydrogens is 348 g/mol. The Bertz CT molecular complexity index is 895. The number of anilines is 1. The van der Waals surface area contributed by atoms with Gasteiger partial charge in [0.15, 0.2) is 5.82 Å². The van der Waals surface area contributed by atoms with Gasteiger partial charge in [0.05, 0.1) is 17.6 Å². The Balaban J connectivity index is 1.60.